The fraction of sp³-hybridized carbons (Fsp3) is 0.562. The summed E-state index contributed by atoms with van der Waals surface area (Å²) in [5.41, 5.74) is 2.17. The molecule has 1 aromatic rings. The molecule has 1 aromatic carbocycles. The van der Waals surface area contributed by atoms with E-state index < -0.39 is 28.7 Å². The molecule has 0 aliphatic heterocycles. The highest BCUT2D eigenvalue weighted by Gasteiger charge is 2.27. The first kappa shape index (κ1) is 22.4. The molecule has 0 spiro atoms. The molecule has 0 aliphatic carbocycles. The van der Waals surface area contributed by atoms with Crippen molar-refractivity contribution in [3.63, 3.8) is 0 Å². The third-order valence-electron chi connectivity index (χ3n) is 3.35. The monoisotopic (exact) mass is 396 g/mol. The van der Waals surface area contributed by atoms with Gasteiger partial charge in [0.2, 0.25) is 15.9 Å². The van der Waals surface area contributed by atoms with Crippen molar-refractivity contribution in [1.29, 1.82) is 0 Å². The van der Waals surface area contributed by atoms with E-state index in [1.54, 1.807) is 26.0 Å². The molecule has 0 unspecified atom stereocenters. The highest BCUT2D eigenvalue weighted by molar-refractivity contribution is 7.89. The van der Waals surface area contributed by atoms with E-state index in [2.05, 4.69) is 14.8 Å². The van der Waals surface area contributed by atoms with E-state index in [1.807, 2.05) is 6.92 Å². The molecule has 0 saturated heterocycles. The molecule has 0 saturated carbocycles. The van der Waals surface area contributed by atoms with Gasteiger partial charge >= 0.3 is 6.18 Å². The van der Waals surface area contributed by atoms with Crippen LogP contribution < -0.4 is 10.0 Å². The summed E-state index contributed by atoms with van der Waals surface area (Å²) < 4.78 is 67.1. The molecular weight excluding hydrogens is 373 g/mol. The third kappa shape index (κ3) is 7.71. The van der Waals surface area contributed by atoms with Gasteiger partial charge in [0.15, 0.2) is 0 Å². The minimum Gasteiger partial charge on any atom is -0.370 e. The number of halogens is 3. The fourth-order valence-electron chi connectivity index (χ4n) is 2.50. The predicted octanol–water partition coefficient (Wildman–Crippen LogP) is 1.98. The van der Waals surface area contributed by atoms with Crippen LogP contribution in [0.2, 0.25) is 0 Å². The van der Waals surface area contributed by atoms with Crippen molar-refractivity contribution in [2.75, 3.05) is 26.3 Å². The highest BCUT2D eigenvalue weighted by atomic mass is 32.2. The molecule has 1 rings (SSSR count). The van der Waals surface area contributed by atoms with Crippen molar-refractivity contribution < 1.29 is 31.1 Å². The van der Waals surface area contributed by atoms with Gasteiger partial charge in [-0.1, -0.05) is 17.7 Å². The number of nitrogens with one attached hydrogen (secondary N) is 2. The van der Waals surface area contributed by atoms with Crippen LogP contribution in [-0.4, -0.2) is 46.8 Å². The summed E-state index contributed by atoms with van der Waals surface area (Å²) in [5, 5.41) is 2.36. The molecule has 6 nitrogen and oxygen atoms in total. The molecule has 0 bridgehead atoms. The van der Waals surface area contributed by atoms with Crippen LogP contribution in [0.1, 0.15) is 23.1 Å². The Labute approximate surface area is 151 Å². The zero-order chi connectivity index (χ0) is 20.0. The molecule has 148 valence electrons. The van der Waals surface area contributed by atoms with Crippen LogP contribution in [0, 0.1) is 20.8 Å². The Morgan fingerprint density at radius 3 is 2.23 bits per heavy atom. The number of carbonyl (C=O) groups excluding carboxylic acids is 1. The molecule has 0 atom stereocenters. The number of aryl methyl sites for hydroxylation is 3. The predicted molar refractivity (Wildman–Crippen MR) is 90.3 cm³/mol. The number of carbonyl (C=O) groups is 1. The molecular formula is C16H23F3N2O4S. The lowest BCUT2D eigenvalue weighted by atomic mass is 10.1. The summed E-state index contributed by atoms with van der Waals surface area (Å²) in [6, 6.07) is 3.52. The maximum absolute atomic E-state index is 12.4. The SMILES string of the molecule is Cc1cc(C)c(S(=O)(=O)NCCC(=O)NCCOCC(F)(F)F)c(C)c1. The molecule has 0 fully saturated rings. The largest absolute Gasteiger partial charge is 0.411 e. The number of rotatable bonds is 9. The van der Waals surface area contributed by atoms with Gasteiger partial charge in [0, 0.05) is 19.5 Å². The van der Waals surface area contributed by atoms with Gasteiger partial charge in [0.05, 0.1) is 11.5 Å². The number of alkyl halides is 3. The minimum atomic E-state index is -4.41. The number of hydrogen-bond donors (Lipinski definition) is 2. The van der Waals surface area contributed by atoms with Crippen molar-refractivity contribution in [1.82, 2.24) is 10.0 Å². The van der Waals surface area contributed by atoms with Crippen molar-refractivity contribution in [3.05, 3.63) is 28.8 Å². The van der Waals surface area contributed by atoms with Gasteiger partial charge in [-0.25, -0.2) is 13.1 Å². The van der Waals surface area contributed by atoms with Crippen LogP contribution in [-0.2, 0) is 19.6 Å². The van der Waals surface area contributed by atoms with E-state index in [0.29, 0.717) is 11.1 Å². The van der Waals surface area contributed by atoms with Gasteiger partial charge in [-0.15, -0.1) is 0 Å². The second-order valence-electron chi connectivity index (χ2n) is 5.89. The normalized spacial score (nSPS) is 12.2. The Bertz CT molecular complexity index is 710. The summed E-state index contributed by atoms with van der Waals surface area (Å²) in [6.45, 7) is 3.40. The Morgan fingerprint density at radius 2 is 1.69 bits per heavy atom. The highest BCUT2D eigenvalue weighted by Crippen LogP contribution is 2.21. The lowest BCUT2D eigenvalue weighted by Gasteiger charge is -2.13. The van der Waals surface area contributed by atoms with Gasteiger partial charge in [-0.3, -0.25) is 4.79 Å². The standard InChI is InChI=1S/C16H23F3N2O4S/c1-11-8-12(2)15(13(3)9-11)26(23,24)21-5-4-14(22)20-6-7-25-10-16(17,18)19/h8-9,21H,4-7,10H2,1-3H3,(H,20,22). The average molecular weight is 396 g/mol. The maximum atomic E-state index is 12.4. The second-order valence-corrected chi connectivity index (χ2v) is 7.60. The Balaban J connectivity index is 2.41. The van der Waals surface area contributed by atoms with Crippen molar-refractivity contribution in [2.24, 2.45) is 0 Å². The number of benzene rings is 1. The van der Waals surface area contributed by atoms with E-state index in [1.165, 1.54) is 0 Å². The lowest BCUT2D eigenvalue weighted by molar-refractivity contribution is -0.173. The minimum absolute atomic E-state index is 0.0855. The molecule has 26 heavy (non-hydrogen) atoms. The third-order valence-corrected chi connectivity index (χ3v) is 5.12. The molecule has 10 heteroatoms. The maximum Gasteiger partial charge on any atom is 0.411 e. The van der Waals surface area contributed by atoms with E-state index in [4.69, 9.17) is 0 Å². The topological polar surface area (TPSA) is 84.5 Å². The quantitative estimate of drug-likeness (QED) is 0.625. The summed E-state index contributed by atoms with van der Waals surface area (Å²) in [6.07, 6.45) is -4.54. The fourth-order valence-corrected chi connectivity index (χ4v) is 3.98. The number of ether oxygens (including phenoxy) is 1. The van der Waals surface area contributed by atoms with Crippen LogP contribution in [0.3, 0.4) is 0 Å². The molecule has 0 aromatic heterocycles. The smallest absolute Gasteiger partial charge is 0.370 e. The van der Waals surface area contributed by atoms with Gasteiger partial charge < -0.3 is 10.1 Å². The Kier molecular flexibility index (Phi) is 8.04. The number of hydrogen-bond acceptors (Lipinski definition) is 4. The Morgan fingerprint density at radius 1 is 1.12 bits per heavy atom. The average Bonchev–Trinajstić information content (AvgIpc) is 2.43. The van der Waals surface area contributed by atoms with Crippen LogP contribution in [0.25, 0.3) is 0 Å². The van der Waals surface area contributed by atoms with E-state index >= 15 is 0 Å². The first-order valence-corrected chi connectivity index (χ1v) is 9.39. The second kappa shape index (κ2) is 9.33. The van der Waals surface area contributed by atoms with Gasteiger partial charge in [-0.05, 0) is 31.9 Å². The first-order chi connectivity index (χ1) is 11.9. The summed E-state index contributed by atoms with van der Waals surface area (Å²) in [5.74, 6) is -0.486. The van der Waals surface area contributed by atoms with Crippen molar-refractivity contribution in [2.45, 2.75) is 38.3 Å². The van der Waals surface area contributed by atoms with Gasteiger partial charge in [0.25, 0.3) is 0 Å². The van der Waals surface area contributed by atoms with Crippen LogP contribution in [0.15, 0.2) is 17.0 Å². The van der Waals surface area contributed by atoms with Gasteiger partial charge in [0.1, 0.15) is 6.61 Å². The Hall–Kier alpha value is -1.65. The molecule has 0 heterocycles. The zero-order valence-electron chi connectivity index (χ0n) is 14.9. The van der Waals surface area contributed by atoms with E-state index in [-0.39, 0.29) is 31.0 Å². The number of sulfonamides is 1. The summed E-state index contributed by atoms with van der Waals surface area (Å²) >= 11 is 0. The zero-order valence-corrected chi connectivity index (χ0v) is 15.7. The van der Waals surface area contributed by atoms with E-state index in [9.17, 15) is 26.4 Å². The van der Waals surface area contributed by atoms with E-state index in [0.717, 1.165) is 5.56 Å². The first-order valence-electron chi connectivity index (χ1n) is 7.91. The summed E-state index contributed by atoms with van der Waals surface area (Å²) in [7, 11) is -3.76. The molecule has 2 N–H and O–H groups in total. The van der Waals surface area contributed by atoms with Gasteiger partial charge in [-0.2, -0.15) is 13.2 Å². The molecule has 1 amide bonds. The van der Waals surface area contributed by atoms with Crippen LogP contribution >= 0.6 is 0 Å². The van der Waals surface area contributed by atoms with Crippen LogP contribution in [0.4, 0.5) is 13.2 Å². The van der Waals surface area contributed by atoms with Crippen molar-refractivity contribution >= 4 is 15.9 Å². The van der Waals surface area contributed by atoms with Crippen LogP contribution in [0.5, 0.6) is 0 Å². The van der Waals surface area contributed by atoms with Crippen molar-refractivity contribution in [3.8, 4) is 0 Å². The number of amides is 1. The molecule has 0 radical (unpaired) electrons. The lowest BCUT2D eigenvalue weighted by Crippen LogP contribution is -2.33. The molecule has 0 aliphatic rings. The summed E-state index contributed by atoms with van der Waals surface area (Å²) in [4.78, 5) is 11.8.